The summed E-state index contributed by atoms with van der Waals surface area (Å²) in [6.07, 6.45) is 15.0. The average molecular weight is 402 g/mol. The van der Waals surface area contributed by atoms with E-state index in [0.717, 1.165) is 48.2 Å². The van der Waals surface area contributed by atoms with Crippen molar-refractivity contribution >= 4 is 22.4 Å². The molecule has 4 nitrogen and oxygen atoms in total. The van der Waals surface area contributed by atoms with E-state index in [2.05, 4.69) is 65.0 Å². The van der Waals surface area contributed by atoms with Gasteiger partial charge in [-0.15, -0.1) is 0 Å². The number of imidazole rings is 1. The second kappa shape index (κ2) is 6.32. The Bertz CT molecular complexity index is 1110. The van der Waals surface area contributed by atoms with E-state index in [1.807, 2.05) is 6.33 Å². The van der Waals surface area contributed by atoms with Gasteiger partial charge in [-0.3, -0.25) is 0 Å². The monoisotopic (exact) mass is 401 g/mol. The molecule has 4 heteroatoms. The number of hydrogen-bond acceptors (Lipinski definition) is 3. The first-order valence-corrected chi connectivity index (χ1v) is 11.6. The molecular weight excluding hydrogens is 370 g/mol. The molecule has 5 atom stereocenters. The van der Waals surface area contributed by atoms with Gasteiger partial charge in [-0.25, -0.2) is 4.98 Å². The van der Waals surface area contributed by atoms with Crippen LogP contribution in [0.25, 0.3) is 16.7 Å². The highest BCUT2D eigenvalue weighted by molar-refractivity contribution is 5.96. The summed E-state index contributed by atoms with van der Waals surface area (Å²) < 4.78 is 2.37. The first-order chi connectivity index (χ1) is 14.5. The molecule has 1 aromatic heterocycles. The molecule has 0 unspecified atom stereocenters. The Morgan fingerprint density at radius 1 is 1.07 bits per heavy atom. The smallest absolute Gasteiger partial charge is 0.100 e. The van der Waals surface area contributed by atoms with Crippen LogP contribution in [0.1, 0.15) is 58.8 Å². The molecule has 0 amide bonds. The van der Waals surface area contributed by atoms with Crippen LogP contribution in [0.5, 0.6) is 0 Å². The Morgan fingerprint density at radius 2 is 1.93 bits per heavy atom. The lowest BCUT2D eigenvalue weighted by Gasteiger charge is -2.57. The number of hydrogen-bond donors (Lipinski definition) is 1. The van der Waals surface area contributed by atoms with Crippen molar-refractivity contribution in [2.24, 2.45) is 33.7 Å². The zero-order valence-corrected chi connectivity index (χ0v) is 18.0. The molecule has 0 spiro atoms. The summed E-state index contributed by atoms with van der Waals surface area (Å²) in [5.41, 5.74) is 6.72. The molecule has 1 N–H and O–H groups in total. The molecule has 1 heterocycles. The van der Waals surface area contributed by atoms with Crippen LogP contribution >= 0.6 is 0 Å². The SMILES string of the molecule is C[C@]12CC/C(=N/O)C=C1CC[C@@H]1[C@@H]2CC[C@]2(C)C(n3cnc4ccccc43)=CC[C@@H]12. The van der Waals surface area contributed by atoms with Crippen LogP contribution in [0.15, 0.2) is 53.5 Å². The molecule has 4 aliphatic carbocycles. The maximum absolute atomic E-state index is 9.28. The lowest BCUT2D eigenvalue weighted by atomic mass is 9.47. The van der Waals surface area contributed by atoms with Gasteiger partial charge in [0.15, 0.2) is 0 Å². The Labute approximate surface area is 178 Å². The summed E-state index contributed by atoms with van der Waals surface area (Å²) in [5.74, 6) is 2.25. The summed E-state index contributed by atoms with van der Waals surface area (Å²) in [6.45, 7) is 5.02. The Balaban J connectivity index is 1.35. The predicted octanol–water partition coefficient (Wildman–Crippen LogP) is 6.28. The van der Waals surface area contributed by atoms with Crippen LogP contribution in [0.4, 0.5) is 0 Å². The molecule has 0 aliphatic heterocycles. The molecule has 2 aromatic rings. The van der Waals surface area contributed by atoms with Crippen LogP contribution < -0.4 is 0 Å². The van der Waals surface area contributed by atoms with Crippen molar-refractivity contribution in [3.8, 4) is 0 Å². The van der Waals surface area contributed by atoms with Crippen molar-refractivity contribution in [3.05, 3.63) is 48.3 Å². The average Bonchev–Trinajstić information content (AvgIpc) is 3.33. The topological polar surface area (TPSA) is 50.4 Å². The minimum atomic E-state index is 0.231. The highest BCUT2D eigenvalue weighted by Gasteiger charge is 2.57. The Morgan fingerprint density at radius 3 is 2.80 bits per heavy atom. The van der Waals surface area contributed by atoms with Gasteiger partial charge in [-0.05, 0) is 86.3 Å². The van der Waals surface area contributed by atoms with Crippen LogP contribution in [-0.4, -0.2) is 20.5 Å². The summed E-state index contributed by atoms with van der Waals surface area (Å²) in [4.78, 5) is 4.68. The number of fused-ring (bicyclic) bond motifs is 6. The third kappa shape index (κ3) is 2.34. The fourth-order valence-electron chi connectivity index (χ4n) is 7.72. The number of nitrogens with zero attached hydrogens (tertiary/aromatic N) is 3. The van der Waals surface area contributed by atoms with E-state index in [0.29, 0.717) is 0 Å². The highest BCUT2D eigenvalue weighted by Crippen LogP contribution is 2.66. The zero-order chi connectivity index (χ0) is 20.5. The molecule has 156 valence electrons. The van der Waals surface area contributed by atoms with Gasteiger partial charge < -0.3 is 9.77 Å². The predicted molar refractivity (Wildman–Crippen MR) is 120 cm³/mol. The summed E-state index contributed by atoms with van der Waals surface area (Å²) in [5, 5.41) is 12.8. The lowest BCUT2D eigenvalue weighted by molar-refractivity contribution is -0.0203. The molecule has 30 heavy (non-hydrogen) atoms. The molecule has 2 saturated carbocycles. The molecule has 6 rings (SSSR count). The zero-order valence-electron chi connectivity index (χ0n) is 18.0. The van der Waals surface area contributed by atoms with Gasteiger partial charge in [0.2, 0.25) is 0 Å². The van der Waals surface area contributed by atoms with Crippen molar-refractivity contribution in [2.45, 2.75) is 58.8 Å². The molecule has 1 aromatic carbocycles. The number of rotatable bonds is 1. The normalized spacial score (nSPS) is 39.3. The van der Waals surface area contributed by atoms with Crippen molar-refractivity contribution < 1.29 is 5.21 Å². The van der Waals surface area contributed by atoms with Crippen LogP contribution in [0.3, 0.4) is 0 Å². The van der Waals surface area contributed by atoms with E-state index in [9.17, 15) is 5.21 Å². The van der Waals surface area contributed by atoms with Gasteiger partial charge in [0.1, 0.15) is 6.33 Å². The Kier molecular flexibility index (Phi) is 3.88. The van der Waals surface area contributed by atoms with E-state index in [1.165, 1.54) is 42.5 Å². The fraction of sp³-hybridized carbons (Fsp3) is 0.538. The third-order valence-electron chi connectivity index (χ3n) is 9.36. The molecular formula is C26H31N3O. The van der Waals surface area contributed by atoms with Crippen LogP contribution in [0, 0.1) is 28.6 Å². The molecule has 0 saturated heterocycles. The van der Waals surface area contributed by atoms with Crippen LogP contribution in [-0.2, 0) is 0 Å². The molecule has 4 aliphatic rings. The summed E-state index contributed by atoms with van der Waals surface area (Å²) >= 11 is 0. The first kappa shape index (κ1) is 18.4. The maximum atomic E-state index is 9.28. The highest BCUT2D eigenvalue weighted by atomic mass is 16.4. The van der Waals surface area contributed by atoms with Gasteiger partial charge in [-0.2, -0.15) is 0 Å². The number of oxime groups is 1. The molecule has 0 bridgehead atoms. The van der Waals surface area contributed by atoms with Gasteiger partial charge in [0.05, 0.1) is 16.7 Å². The van der Waals surface area contributed by atoms with E-state index in [-0.39, 0.29) is 10.8 Å². The summed E-state index contributed by atoms with van der Waals surface area (Å²) in [6, 6.07) is 8.51. The second-order valence-corrected chi connectivity index (χ2v) is 10.5. The van der Waals surface area contributed by atoms with Crippen molar-refractivity contribution in [1.82, 2.24) is 9.55 Å². The van der Waals surface area contributed by atoms with Crippen LogP contribution in [0.2, 0.25) is 0 Å². The standard InChI is InChI=1S/C26H31N3O/c1-25-13-11-18(28-30)15-17(25)7-8-19-20-9-10-24(26(20,2)14-12-21(19)25)29-16-27-22-5-3-4-6-23(22)29/h3-6,10,15-16,19-21,30H,7-9,11-14H2,1-2H3/b28-18-/t19-,20-,21-,25-,26-/m0/s1. The minimum Gasteiger partial charge on any atom is -0.411 e. The quantitative estimate of drug-likeness (QED) is 0.451. The third-order valence-corrected chi connectivity index (χ3v) is 9.36. The van der Waals surface area contributed by atoms with E-state index >= 15 is 0 Å². The number of para-hydroxylation sites is 2. The number of benzene rings is 1. The largest absolute Gasteiger partial charge is 0.411 e. The van der Waals surface area contributed by atoms with E-state index in [4.69, 9.17) is 0 Å². The molecule has 0 radical (unpaired) electrons. The van der Waals surface area contributed by atoms with Gasteiger partial charge in [0.25, 0.3) is 0 Å². The van der Waals surface area contributed by atoms with Crippen molar-refractivity contribution in [2.75, 3.05) is 0 Å². The summed E-state index contributed by atoms with van der Waals surface area (Å²) in [7, 11) is 0. The van der Waals surface area contributed by atoms with E-state index < -0.39 is 0 Å². The van der Waals surface area contributed by atoms with Gasteiger partial charge >= 0.3 is 0 Å². The van der Waals surface area contributed by atoms with Gasteiger partial charge in [0, 0.05) is 11.1 Å². The Hall–Kier alpha value is -2.36. The lowest BCUT2D eigenvalue weighted by Crippen LogP contribution is -2.50. The second-order valence-electron chi connectivity index (χ2n) is 10.5. The van der Waals surface area contributed by atoms with Gasteiger partial charge in [-0.1, -0.05) is 42.8 Å². The molecule has 2 fully saturated rings. The minimum absolute atomic E-state index is 0.231. The van der Waals surface area contributed by atoms with E-state index in [1.54, 1.807) is 0 Å². The fourth-order valence-corrected chi connectivity index (χ4v) is 7.72. The number of allylic oxidation sites excluding steroid dienone is 4. The maximum Gasteiger partial charge on any atom is 0.100 e. The van der Waals surface area contributed by atoms with Crippen molar-refractivity contribution in [3.63, 3.8) is 0 Å². The first-order valence-electron chi connectivity index (χ1n) is 11.6. The number of aromatic nitrogens is 2. The van der Waals surface area contributed by atoms with Crippen molar-refractivity contribution in [1.29, 1.82) is 0 Å².